The number of aliphatic carboxylic acids is 1. The molecule has 3 aliphatic carbocycles. The summed E-state index contributed by atoms with van der Waals surface area (Å²) in [6, 6.07) is 0. The van der Waals surface area contributed by atoms with Crippen molar-refractivity contribution in [1.29, 1.82) is 0 Å². The van der Waals surface area contributed by atoms with Gasteiger partial charge in [0.1, 0.15) is 0 Å². The molecule has 4 nitrogen and oxygen atoms in total. The van der Waals surface area contributed by atoms with Gasteiger partial charge in [-0.25, -0.2) is 0 Å². The third-order valence-electron chi connectivity index (χ3n) is 8.68. The molecule has 0 saturated heterocycles. The first-order chi connectivity index (χ1) is 13.9. The molecule has 0 aromatic rings. The number of hydrogen-bond acceptors (Lipinski definition) is 3. The van der Waals surface area contributed by atoms with Gasteiger partial charge >= 0.3 is 11.9 Å². The number of fused-ring (bicyclic) bond motifs is 3. The summed E-state index contributed by atoms with van der Waals surface area (Å²) in [4.78, 5) is 23.8. The van der Waals surface area contributed by atoms with Gasteiger partial charge in [-0.2, -0.15) is 0 Å². The lowest BCUT2D eigenvalue weighted by atomic mass is 9.46. The summed E-state index contributed by atoms with van der Waals surface area (Å²) in [5.41, 5.74) is 0.873. The van der Waals surface area contributed by atoms with Gasteiger partial charge in [-0.05, 0) is 75.0 Å². The molecular formula is C26H40O4. The van der Waals surface area contributed by atoms with E-state index in [1.807, 2.05) is 0 Å². The van der Waals surface area contributed by atoms with Crippen LogP contribution in [0.4, 0.5) is 0 Å². The Morgan fingerprint density at radius 1 is 1.27 bits per heavy atom. The van der Waals surface area contributed by atoms with E-state index in [0.717, 1.165) is 19.3 Å². The number of ether oxygens (including phenoxy) is 1. The van der Waals surface area contributed by atoms with Crippen LogP contribution >= 0.6 is 0 Å². The van der Waals surface area contributed by atoms with Crippen LogP contribution in [0.1, 0.15) is 86.0 Å². The number of hydrogen-bond donors (Lipinski definition) is 1. The number of allylic oxidation sites excluding steroid dienone is 3. The standard InChI is InChI=1S/C26H40O4/c1-7-24(4)14-11-19-18(15-24)9-10-20-25(5,12-8-13-26(19,20)6)17-30-21(27)16-23(2,3)22(28)29/h7,11,18,20H,1,8-10,12-17H2,2-6H3,(H,28,29)/t18?,20?,24-,25-,26-/m1/s1. The first kappa shape index (κ1) is 23.1. The lowest BCUT2D eigenvalue weighted by Crippen LogP contribution is -2.51. The number of rotatable bonds is 6. The Bertz CT molecular complexity index is 750. The minimum atomic E-state index is -1.10. The summed E-state index contributed by atoms with van der Waals surface area (Å²) in [6.45, 7) is 14.7. The molecule has 1 N–H and O–H groups in total. The van der Waals surface area contributed by atoms with E-state index in [2.05, 4.69) is 39.5 Å². The molecule has 0 aliphatic heterocycles. The lowest BCUT2D eigenvalue weighted by molar-refractivity contribution is -0.161. The predicted octanol–water partition coefficient (Wildman–Crippen LogP) is 6.17. The molecule has 2 fully saturated rings. The van der Waals surface area contributed by atoms with E-state index in [0.29, 0.717) is 18.4 Å². The minimum Gasteiger partial charge on any atom is -0.481 e. The van der Waals surface area contributed by atoms with Gasteiger partial charge in [-0.15, -0.1) is 6.58 Å². The summed E-state index contributed by atoms with van der Waals surface area (Å²) in [5.74, 6) is -0.230. The summed E-state index contributed by atoms with van der Waals surface area (Å²) in [7, 11) is 0. The van der Waals surface area contributed by atoms with Gasteiger partial charge in [-0.3, -0.25) is 9.59 Å². The van der Waals surface area contributed by atoms with Crippen molar-refractivity contribution in [2.45, 2.75) is 86.0 Å². The molecule has 5 atom stereocenters. The molecule has 0 bridgehead atoms. The monoisotopic (exact) mass is 416 g/mol. The highest BCUT2D eigenvalue weighted by Crippen LogP contribution is 2.63. The maximum atomic E-state index is 12.4. The Morgan fingerprint density at radius 2 is 1.97 bits per heavy atom. The van der Waals surface area contributed by atoms with Crippen LogP contribution in [0.5, 0.6) is 0 Å². The summed E-state index contributed by atoms with van der Waals surface area (Å²) < 4.78 is 5.72. The van der Waals surface area contributed by atoms with Crippen LogP contribution in [-0.2, 0) is 14.3 Å². The Balaban J connectivity index is 1.75. The number of carboxylic acids is 1. The fraction of sp³-hybridized carbons (Fsp3) is 0.769. The van der Waals surface area contributed by atoms with Crippen LogP contribution in [-0.4, -0.2) is 23.7 Å². The summed E-state index contributed by atoms with van der Waals surface area (Å²) >= 11 is 0. The number of carbonyl (C=O) groups is 2. The average molecular weight is 417 g/mol. The van der Waals surface area contributed by atoms with Gasteiger partial charge < -0.3 is 9.84 Å². The first-order valence-corrected chi connectivity index (χ1v) is 11.6. The molecule has 2 saturated carbocycles. The fourth-order valence-electron chi connectivity index (χ4n) is 6.65. The summed E-state index contributed by atoms with van der Waals surface area (Å²) in [5, 5.41) is 9.29. The van der Waals surface area contributed by atoms with E-state index < -0.39 is 17.4 Å². The maximum absolute atomic E-state index is 12.4. The third-order valence-corrected chi connectivity index (χ3v) is 8.68. The first-order valence-electron chi connectivity index (χ1n) is 11.6. The zero-order chi connectivity index (χ0) is 22.4. The van der Waals surface area contributed by atoms with Crippen molar-refractivity contribution in [3.63, 3.8) is 0 Å². The SMILES string of the molecule is C=C[C@]1(C)CC=C2C(CCC3[C@@](C)(COC(=O)CC(C)(C)C(=O)O)CCC[C@]23C)C1. The van der Waals surface area contributed by atoms with Crippen molar-refractivity contribution < 1.29 is 19.4 Å². The quantitative estimate of drug-likeness (QED) is 0.416. The van der Waals surface area contributed by atoms with Crippen LogP contribution in [0.15, 0.2) is 24.3 Å². The van der Waals surface area contributed by atoms with Crippen LogP contribution in [0.25, 0.3) is 0 Å². The van der Waals surface area contributed by atoms with Crippen molar-refractivity contribution in [3.05, 3.63) is 24.3 Å². The molecule has 0 aromatic heterocycles. The topological polar surface area (TPSA) is 63.6 Å². The van der Waals surface area contributed by atoms with E-state index >= 15 is 0 Å². The van der Waals surface area contributed by atoms with Gasteiger partial charge in [-0.1, -0.05) is 44.9 Å². The largest absolute Gasteiger partial charge is 0.481 e. The third kappa shape index (κ3) is 4.11. The van der Waals surface area contributed by atoms with Crippen molar-refractivity contribution >= 4 is 11.9 Å². The van der Waals surface area contributed by atoms with Gasteiger partial charge in [0.05, 0.1) is 18.4 Å². The smallest absolute Gasteiger partial charge is 0.309 e. The van der Waals surface area contributed by atoms with Crippen molar-refractivity contribution in [2.75, 3.05) is 6.61 Å². The molecule has 168 valence electrons. The van der Waals surface area contributed by atoms with Gasteiger partial charge in [0, 0.05) is 5.41 Å². The normalized spacial score (nSPS) is 38.6. The van der Waals surface area contributed by atoms with E-state index in [4.69, 9.17) is 4.74 Å². The second kappa shape index (κ2) is 7.84. The zero-order valence-corrected chi connectivity index (χ0v) is 19.6. The van der Waals surface area contributed by atoms with Gasteiger partial charge in [0.15, 0.2) is 0 Å². The summed E-state index contributed by atoms with van der Waals surface area (Å²) in [6.07, 6.45) is 12.6. The molecule has 3 rings (SSSR count). The van der Waals surface area contributed by atoms with Crippen LogP contribution in [0.2, 0.25) is 0 Å². The van der Waals surface area contributed by atoms with Gasteiger partial charge in [0.2, 0.25) is 0 Å². The molecule has 4 heteroatoms. The van der Waals surface area contributed by atoms with Crippen molar-refractivity contribution in [2.24, 2.45) is 33.5 Å². The highest BCUT2D eigenvalue weighted by molar-refractivity contribution is 5.81. The molecule has 0 amide bonds. The van der Waals surface area contributed by atoms with Gasteiger partial charge in [0.25, 0.3) is 0 Å². The Morgan fingerprint density at radius 3 is 2.60 bits per heavy atom. The van der Waals surface area contributed by atoms with Crippen LogP contribution < -0.4 is 0 Å². The van der Waals surface area contributed by atoms with Crippen LogP contribution in [0, 0.1) is 33.5 Å². The molecule has 2 unspecified atom stereocenters. The Labute approximate surface area is 182 Å². The molecule has 30 heavy (non-hydrogen) atoms. The van der Waals surface area contributed by atoms with E-state index in [-0.39, 0.29) is 22.7 Å². The molecule has 0 radical (unpaired) electrons. The highest BCUT2D eigenvalue weighted by Gasteiger charge is 2.55. The number of carbonyl (C=O) groups excluding carboxylic acids is 1. The molecule has 0 aromatic carbocycles. The van der Waals surface area contributed by atoms with E-state index in [1.54, 1.807) is 19.4 Å². The lowest BCUT2D eigenvalue weighted by Gasteiger charge is -2.59. The second-order valence-electron chi connectivity index (χ2n) is 11.7. The number of esters is 1. The molecule has 0 heterocycles. The Hall–Kier alpha value is -1.58. The van der Waals surface area contributed by atoms with E-state index in [1.165, 1.54) is 25.7 Å². The Kier molecular flexibility index (Phi) is 6.03. The van der Waals surface area contributed by atoms with Crippen molar-refractivity contribution in [1.82, 2.24) is 0 Å². The molecule has 3 aliphatic rings. The fourth-order valence-corrected chi connectivity index (χ4v) is 6.65. The second-order valence-corrected chi connectivity index (χ2v) is 11.7. The molecule has 0 spiro atoms. The maximum Gasteiger partial charge on any atom is 0.309 e. The van der Waals surface area contributed by atoms with E-state index in [9.17, 15) is 14.7 Å². The highest BCUT2D eigenvalue weighted by atomic mass is 16.5. The molecular weight excluding hydrogens is 376 g/mol. The zero-order valence-electron chi connectivity index (χ0n) is 19.6. The van der Waals surface area contributed by atoms with Crippen molar-refractivity contribution in [3.8, 4) is 0 Å². The minimum absolute atomic E-state index is 0.0545. The number of carboxylic acid groups (broad SMARTS) is 1. The van der Waals surface area contributed by atoms with Crippen LogP contribution in [0.3, 0.4) is 0 Å². The predicted molar refractivity (Wildman–Crippen MR) is 119 cm³/mol. The average Bonchev–Trinajstić information content (AvgIpc) is 2.65.